The first kappa shape index (κ1) is 12.8. The SMILES string of the molecule is COc1ccc(CN2CCCC2CC(=O)O)cn1. The van der Waals surface area contributed by atoms with Crippen molar-refractivity contribution in [2.24, 2.45) is 0 Å². The Bertz CT molecular complexity index is 405. The molecule has 1 unspecified atom stereocenters. The molecule has 1 aliphatic rings. The van der Waals surface area contributed by atoms with Crippen LogP contribution in [0, 0.1) is 0 Å². The topological polar surface area (TPSA) is 62.7 Å². The van der Waals surface area contributed by atoms with Crippen molar-refractivity contribution in [1.29, 1.82) is 0 Å². The molecule has 0 aromatic carbocycles. The van der Waals surface area contributed by atoms with Crippen molar-refractivity contribution in [2.45, 2.75) is 31.8 Å². The van der Waals surface area contributed by atoms with Crippen LogP contribution in [0.3, 0.4) is 0 Å². The molecule has 1 fully saturated rings. The highest BCUT2D eigenvalue weighted by atomic mass is 16.5. The summed E-state index contributed by atoms with van der Waals surface area (Å²) in [6.45, 7) is 1.72. The van der Waals surface area contributed by atoms with E-state index < -0.39 is 5.97 Å². The summed E-state index contributed by atoms with van der Waals surface area (Å²) in [7, 11) is 1.59. The number of likely N-dealkylation sites (tertiary alicyclic amines) is 1. The summed E-state index contributed by atoms with van der Waals surface area (Å²) in [6, 6.07) is 3.96. The number of nitrogens with zero attached hydrogens (tertiary/aromatic N) is 2. The lowest BCUT2D eigenvalue weighted by Gasteiger charge is -2.22. The monoisotopic (exact) mass is 250 g/mol. The van der Waals surface area contributed by atoms with Gasteiger partial charge in [0.15, 0.2) is 0 Å². The van der Waals surface area contributed by atoms with Crippen LogP contribution >= 0.6 is 0 Å². The molecule has 1 aromatic rings. The quantitative estimate of drug-likeness (QED) is 0.858. The Morgan fingerprint density at radius 2 is 2.44 bits per heavy atom. The van der Waals surface area contributed by atoms with Gasteiger partial charge >= 0.3 is 5.97 Å². The van der Waals surface area contributed by atoms with Gasteiger partial charge in [-0.15, -0.1) is 0 Å². The first-order valence-corrected chi connectivity index (χ1v) is 6.14. The van der Waals surface area contributed by atoms with E-state index in [-0.39, 0.29) is 12.5 Å². The Labute approximate surface area is 106 Å². The molecule has 0 bridgehead atoms. The van der Waals surface area contributed by atoms with E-state index in [1.807, 2.05) is 12.1 Å². The van der Waals surface area contributed by atoms with E-state index in [1.165, 1.54) is 0 Å². The predicted molar refractivity (Wildman–Crippen MR) is 66.5 cm³/mol. The molecule has 2 rings (SSSR count). The van der Waals surface area contributed by atoms with Gasteiger partial charge in [-0.3, -0.25) is 9.69 Å². The molecule has 18 heavy (non-hydrogen) atoms. The molecule has 0 aliphatic carbocycles. The van der Waals surface area contributed by atoms with E-state index in [4.69, 9.17) is 9.84 Å². The minimum atomic E-state index is -0.722. The van der Waals surface area contributed by atoms with Crippen molar-refractivity contribution in [1.82, 2.24) is 9.88 Å². The zero-order chi connectivity index (χ0) is 13.0. The summed E-state index contributed by atoms with van der Waals surface area (Å²) in [5.41, 5.74) is 1.09. The van der Waals surface area contributed by atoms with Gasteiger partial charge in [-0.2, -0.15) is 0 Å². The average Bonchev–Trinajstić information content (AvgIpc) is 2.77. The predicted octanol–water partition coefficient (Wildman–Crippen LogP) is 1.53. The number of hydrogen-bond donors (Lipinski definition) is 1. The van der Waals surface area contributed by atoms with Crippen molar-refractivity contribution in [3.63, 3.8) is 0 Å². The van der Waals surface area contributed by atoms with Crippen LogP contribution in [-0.2, 0) is 11.3 Å². The fourth-order valence-electron chi connectivity index (χ4n) is 2.40. The number of carboxylic acids is 1. The molecular formula is C13H18N2O3. The third kappa shape index (κ3) is 3.20. The van der Waals surface area contributed by atoms with Crippen molar-refractivity contribution < 1.29 is 14.6 Å². The van der Waals surface area contributed by atoms with Crippen LogP contribution in [-0.4, -0.2) is 40.7 Å². The zero-order valence-electron chi connectivity index (χ0n) is 10.5. The summed E-state index contributed by atoms with van der Waals surface area (Å²) in [5, 5.41) is 8.87. The lowest BCUT2D eigenvalue weighted by molar-refractivity contribution is -0.138. The lowest BCUT2D eigenvalue weighted by Crippen LogP contribution is -2.30. The second-order valence-corrected chi connectivity index (χ2v) is 4.57. The van der Waals surface area contributed by atoms with Crippen LogP contribution in [0.25, 0.3) is 0 Å². The molecule has 1 N–H and O–H groups in total. The highest BCUT2D eigenvalue weighted by Gasteiger charge is 2.26. The number of rotatable bonds is 5. The van der Waals surface area contributed by atoms with E-state index in [9.17, 15) is 4.79 Å². The van der Waals surface area contributed by atoms with Gasteiger partial charge in [-0.05, 0) is 24.9 Å². The Hall–Kier alpha value is -1.62. The maximum absolute atomic E-state index is 10.8. The minimum Gasteiger partial charge on any atom is -0.481 e. The number of pyridine rings is 1. The highest BCUT2D eigenvalue weighted by Crippen LogP contribution is 2.22. The van der Waals surface area contributed by atoms with Crippen molar-refractivity contribution in [3.05, 3.63) is 23.9 Å². The molecule has 5 nitrogen and oxygen atoms in total. The molecule has 98 valence electrons. The van der Waals surface area contributed by atoms with Gasteiger partial charge in [0, 0.05) is 24.8 Å². The smallest absolute Gasteiger partial charge is 0.304 e. The average molecular weight is 250 g/mol. The van der Waals surface area contributed by atoms with Crippen molar-refractivity contribution >= 4 is 5.97 Å². The largest absolute Gasteiger partial charge is 0.481 e. The lowest BCUT2D eigenvalue weighted by atomic mass is 10.1. The molecule has 0 spiro atoms. The first-order valence-electron chi connectivity index (χ1n) is 6.14. The third-order valence-electron chi connectivity index (χ3n) is 3.30. The van der Waals surface area contributed by atoms with E-state index in [0.717, 1.165) is 31.5 Å². The second kappa shape index (κ2) is 5.82. The summed E-state index contributed by atoms with van der Waals surface area (Å²) in [5.74, 6) is -0.123. The fourth-order valence-corrected chi connectivity index (χ4v) is 2.40. The van der Waals surface area contributed by atoms with E-state index in [2.05, 4.69) is 9.88 Å². The van der Waals surface area contributed by atoms with Gasteiger partial charge in [0.05, 0.1) is 13.5 Å². The van der Waals surface area contributed by atoms with Crippen molar-refractivity contribution in [3.8, 4) is 5.88 Å². The zero-order valence-corrected chi connectivity index (χ0v) is 10.5. The Kier molecular flexibility index (Phi) is 4.15. The Morgan fingerprint density at radius 3 is 3.06 bits per heavy atom. The maximum atomic E-state index is 10.8. The van der Waals surface area contributed by atoms with Crippen LogP contribution in [0.15, 0.2) is 18.3 Å². The molecular weight excluding hydrogens is 232 g/mol. The molecule has 5 heteroatoms. The summed E-state index contributed by atoms with van der Waals surface area (Å²) in [4.78, 5) is 17.2. The second-order valence-electron chi connectivity index (χ2n) is 4.57. The van der Waals surface area contributed by atoms with Crippen molar-refractivity contribution in [2.75, 3.05) is 13.7 Å². The molecule has 0 saturated carbocycles. The molecule has 0 radical (unpaired) electrons. The number of hydrogen-bond acceptors (Lipinski definition) is 4. The summed E-state index contributed by atoms with van der Waals surface area (Å²) < 4.78 is 5.01. The van der Waals surface area contributed by atoms with E-state index >= 15 is 0 Å². The number of carbonyl (C=O) groups is 1. The van der Waals surface area contributed by atoms with Crippen LogP contribution in [0.4, 0.5) is 0 Å². The minimum absolute atomic E-state index is 0.157. The van der Waals surface area contributed by atoms with Gasteiger partial charge in [0.25, 0.3) is 0 Å². The number of ether oxygens (including phenoxy) is 1. The number of methoxy groups -OCH3 is 1. The van der Waals surface area contributed by atoms with Gasteiger partial charge in [-0.25, -0.2) is 4.98 Å². The van der Waals surface area contributed by atoms with Crippen LogP contribution in [0.1, 0.15) is 24.8 Å². The number of aromatic nitrogens is 1. The third-order valence-corrected chi connectivity index (χ3v) is 3.30. The molecule has 1 aliphatic heterocycles. The van der Waals surface area contributed by atoms with Gasteiger partial charge in [-0.1, -0.05) is 6.07 Å². The van der Waals surface area contributed by atoms with Crippen LogP contribution < -0.4 is 4.74 Å². The Balaban J connectivity index is 1.96. The van der Waals surface area contributed by atoms with Gasteiger partial charge in [0.2, 0.25) is 5.88 Å². The van der Waals surface area contributed by atoms with Crippen LogP contribution in [0.2, 0.25) is 0 Å². The summed E-state index contributed by atoms with van der Waals surface area (Å²) >= 11 is 0. The Morgan fingerprint density at radius 1 is 1.61 bits per heavy atom. The molecule has 1 saturated heterocycles. The van der Waals surface area contributed by atoms with E-state index in [0.29, 0.717) is 5.88 Å². The molecule has 0 amide bonds. The molecule has 1 atom stereocenters. The highest BCUT2D eigenvalue weighted by molar-refractivity contribution is 5.67. The summed E-state index contributed by atoms with van der Waals surface area (Å²) in [6.07, 6.45) is 4.05. The number of carboxylic acid groups (broad SMARTS) is 1. The van der Waals surface area contributed by atoms with Gasteiger partial charge in [0.1, 0.15) is 0 Å². The van der Waals surface area contributed by atoms with E-state index in [1.54, 1.807) is 13.3 Å². The van der Waals surface area contributed by atoms with Crippen LogP contribution in [0.5, 0.6) is 5.88 Å². The standard InChI is InChI=1S/C13H18N2O3/c1-18-12-5-4-10(8-14-12)9-15-6-2-3-11(15)7-13(16)17/h4-5,8,11H,2-3,6-7,9H2,1H3,(H,16,17). The maximum Gasteiger partial charge on any atom is 0.304 e. The first-order chi connectivity index (χ1) is 8.69. The molecule has 1 aromatic heterocycles. The molecule has 2 heterocycles. The fraction of sp³-hybridized carbons (Fsp3) is 0.538. The normalized spacial score (nSPS) is 19.9. The number of aliphatic carboxylic acids is 1. The van der Waals surface area contributed by atoms with Gasteiger partial charge < -0.3 is 9.84 Å².